The summed E-state index contributed by atoms with van der Waals surface area (Å²) in [6.07, 6.45) is 1.95. The molecule has 2 unspecified atom stereocenters. The van der Waals surface area contributed by atoms with Gasteiger partial charge in [0.25, 0.3) is 0 Å². The average molecular weight is 350 g/mol. The Kier molecular flexibility index (Phi) is 8.62. The molecule has 22 heavy (non-hydrogen) atoms. The molecule has 0 aromatic heterocycles. The van der Waals surface area contributed by atoms with Crippen LogP contribution < -0.4 is 15.8 Å². The van der Waals surface area contributed by atoms with Crippen LogP contribution in [0.4, 0.5) is 5.69 Å². The van der Waals surface area contributed by atoms with Crippen molar-refractivity contribution in [1.29, 1.82) is 0 Å². The highest BCUT2D eigenvalue weighted by Crippen LogP contribution is 2.12. The molecule has 0 radical (unpaired) electrons. The van der Waals surface area contributed by atoms with Gasteiger partial charge in [-0.25, -0.2) is 13.1 Å². The molecule has 1 aromatic rings. The van der Waals surface area contributed by atoms with Crippen LogP contribution in [-0.4, -0.2) is 26.6 Å². The summed E-state index contributed by atoms with van der Waals surface area (Å²) < 4.78 is 24.4. The minimum absolute atomic E-state index is 0. The van der Waals surface area contributed by atoms with E-state index in [0.29, 0.717) is 5.69 Å². The zero-order valence-electron chi connectivity index (χ0n) is 13.0. The van der Waals surface area contributed by atoms with Gasteiger partial charge in [0.1, 0.15) is 0 Å². The normalized spacial score (nSPS) is 13.8. The summed E-state index contributed by atoms with van der Waals surface area (Å²) in [4.78, 5) is 11.9. The summed E-state index contributed by atoms with van der Waals surface area (Å²) in [6, 6.07) is 6.41. The molecule has 126 valence electrons. The zero-order valence-corrected chi connectivity index (χ0v) is 14.6. The molecular weight excluding hydrogens is 326 g/mol. The highest BCUT2D eigenvalue weighted by atomic mass is 35.5. The Morgan fingerprint density at radius 1 is 1.27 bits per heavy atom. The molecule has 0 heterocycles. The second kappa shape index (κ2) is 9.09. The molecular formula is C14H24ClN3O3S. The van der Waals surface area contributed by atoms with Crippen LogP contribution in [0.3, 0.4) is 0 Å². The van der Waals surface area contributed by atoms with Crippen molar-refractivity contribution < 1.29 is 13.2 Å². The van der Waals surface area contributed by atoms with Gasteiger partial charge in [-0.05, 0) is 23.6 Å². The number of sulfonamides is 1. The fourth-order valence-electron chi connectivity index (χ4n) is 1.66. The Bertz CT molecular complexity index is 576. The highest BCUT2D eigenvalue weighted by molar-refractivity contribution is 7.88. The number of halogens is 1. The summed E-state index contributed by atoms with van der Waals surface area (Å²) in [5.41, 5.74) is 7.31. The second-order valence-corrected chi connectivity index (χ2v) is 7.02. The van der Waals surface area contributed by atoms with Gasteiger partial charge in [-0.15, -0.1) is 12.4 Å². The largest absolute Gasteiger partial charge is 0.325 e. The van der Waals surface area contributed by atoms with Gasteiger partial charge < -0.3 is 11.1 Å². The first-order valence-electron chi connectivity index (χ1n) is 6.83. The first kappa shape index (κ1) is 20.9. The molecule has 0 saturated carbocycles. The van der Waals surface area contributed by atoms with Crippen molar-refractivity contribution in [3.8, 4) is 0 Å². The van der Waals surface area contributed by atoms with Gasteiger partial charge in [-0.1, -0.05) is 32.4 Å². The van der Waals surface area contributed by atoms with Crippen molar-refractivity contribution in [1.82, 2.24) is 4.72 Å². The Morgan fingerprint density at radius 2 is 1.82 bits per heavy atom. The Labute approximate surface area is 138 Å². The smallest absolute Gasteiger partial charge is 0.241 e. The number of hydrogen-bond acceptors (Lipinski definition) is 4. The van der Waals surface area contributed by atoms with E-state index < -0.39 is 16.1 Å². The van der Waals surface area contributed by atoms with Gasteiger partial charge in [0.15, 0.2) is 0 Å². The molecule has 0 aliphatic heterocycles. The van der Waals surface area contributed by atoms with Crippen molar-refractivity contribution in [3.05, 3.63) is 29.8 Å². The molecule has 2 atom stereocenters. The highest BCUT2D eigenvalue weighted by Gasteiger charge is 2.19. The van der Waals surface area contributed by atoms with E-state index in [0.717, 1.165) is 18.2 Å². The average Bonchev–Trinajstić information content (AvgIpc) is 2.44. The van der Waals surface area contributed by atoms with E-state index in [1.165, 1.54) is 0 Å². The molecule has 0 bridgehead atoms. The van der Waals surface area contributed by atoms with Crippen molar-refractivity contribution in [2.45, 2.75) is 32.9 Å². The monoisotopic (exact) mass is 349 g/mol. The standard InChI is InChI=1S/C14H23N3O3S.ClH/c1-4-10(2)13(15)14(18)17-12-7-5-11(6-8-12)9-16-21(3,19)20;/h5-8,10,13,16H,4,9,15H2,1-3H3,(H,17,18);1H. The number of benzene rings is 1. The lowest BCUT2D eigenvalue weighted by Crippen LogP contribution is -2.40. The van der Waals surface area contributed by atoms with Gasteiger partial charge in [0.05, 0.1) is 12.3 Å². The molecule has 0 aliphatic carbocycles. The lowest BCUT2D eigenvalue weighted by molar-refractivity contribution is -0.118. The second-order valence-electron chi connectivity index (χ2n) is 5.19. The molecule has 4 N–H and O–H groups in total. The number of carbonyl (C=O) groups excluding carboxylic acids is 1. The van der Waals surface area contributed by atoms with Crippen molar-refractivity contribution in [2.75, 3.05) is 11.6 Å². The third kappa shape index (κ3) is 7.22. The van der Waals surface area contributed by atoms with Crippen LogP contribution in [0, 0.1) is 5.92 Å². The SMILES string of the molecule is CCC(C)C(N)C(=O)Nc1ccc(CNS(C)(=O)=O)cc1.Cl. The first-order chi connectivity index (χ1) is 9.73. The number of nitrogens with two attached hydrogens (primary N) is 1. The first-order valence-corrected chi connectivity index (χ1v) is 8.72. The predicted octanol–water partition coefficient (Wildman–Crippen LogP) is 1.47. The molecule has 6 nitrogen and oxygen atoms in total. The number of carbonyl (C=O) groups is 1. The lowest BCUT2D eigenvalue weighted by atomic mass is 9.99. The molecule has 0 saturated heterocycles. The van der Waals surface area contributed by atoms with Crippen LogP contribution in [0.2, 0.25) is 0 Å². The minimum Gasteiger partial charge on any atom is -0.325 e. The molecule has 1 amide bonds. The molecule has 0 aliphatic rings. The summed E-state index contributed by atoms with van der Waals surface area (Å²) in [5.74, 6) is -0.102. The molecule has 8 heteroatoms. The summed E-state index contributed by atoms with van der Waals surface area (Å²) in [6.45, 7) is 4.14. The van der Waals surface area contributed by atoms with E-state index >= 15 is 0 Å². The summed E-state index contributed by atoms with van der Waals surface area (Å²) >= 11 is 0. The van der Waals surface area contributed by atoms with E-state index in [1.54, 1.807) is 24.3 Å². The molecule has 1 rings (SSSR count). The van der Waals surface area contributed by atoms with Gasteiger partial charge in [0, 0.05) is 12.2 Å². The number of hydrogen-bond donors (Lipinski definition) is 3. The van der Waals surface area contributed by atoms with E-state index in [9.17, 15) is 13.2 Å². The van der Waals surface area contributed by atoms with E-state index in [1.807, 2.05) is 13.8 Å². The van der Waals surface area contributed by atoms with Crippen molar-refractivity contribution in [3.63, 3.8) is 0 Å². The van der Waals surface area contributed by atoms with E-state index in [4.69, 9.17) is 5.73 Å². The third-order valence-electron chi connectivity index (χ3n) is 3.32. The van der Waals surface area contributed by atoms with Crippen LogP contribution in [0.5, 0.6) is 0 Å². The molecule has 0 spiro atoms. The molecule has 0 fully saturated rings. The lowest BCUT2D eigenvalue weighted by Gasteiger charge is -2.17. The van der Waals surface area contributed by atoms with Crippen LogP contribution in [0.25, 0.3) is 0 Å². The predicted molar refractivity (Wildman–Crippen MR) is 91.4 cm³/mol. The maximum atomic E-state index is 11.9. The summed E-state index contributed by atoms with van der Waals surface area (Å²) in [5, 5.41) is 2.75. The minimum atomic E-state index is -3.21. The van der Waals surface area contributed by atoms with Crippen LogP contribution in [-0.2, 0) is 21.4 Å². The Balaban J connectivity index is 0.00000441. The van der Waals surface area contributed by atoms with Gasteiger partial charge in [-0.3, -0.25) is 4.79 Å². The number of amides is 1. The van der Waals surface area contributed by atoms with Gasteiger partial charge in [0.2, 0.25) is 15.9 Å². The van der Waals surface area contributed by atoms with Gasteiger partial charge >= 0.3 is 0 Å². The number of nitrogens with one attached hydrogen (secondary N) is 2. The Morgan fingerprint density at radius 3 is 2.27 bits per heavy atom. The Hall–Kier alpha value is -1.15. The van der Waals surface area contributed by atoms with E-state index in [2.05, 4.69) is 10.0 Å². The van der Waals surface area contributed by atoms with Crippen LogP contribution in [0.15, 0.2) is 24.3 Å². The van der Waals surface area contributed by atoms with Crippen molar-refractivity contribution >= 4 is 34.0 Å². The van der Waals surface area contributed by atoms with Crippen LogP contribution >= 0.6 is 12.4 Å². The number of rotatable bonds is 7. The maximum Gasteiger partial charge on any atom is 0.241 e. The van der Waals surface area contributed by atoms with Gasteiger partial charge in [-0.2, -0.15) is 0 Å². The fourth-order valence-corrected chi connectivity index (χ4v) is 2.09. The topological polar surface area (TPSA) is 101 Å². The number of anilines is 1. The third-order valence-corrected chi connectivity index (χ3v) is 3.99. The fraction of sp³-hybridized carbons (Fsp3) is 0.500. The van der Waals surface area contributed by atoms with Crippen LogP contribution in [0.1, 0.15) is 25.8 Å². The van der Waals surface area contributed by atoms with Crippen molar-refractivity contribution in [2.24, 2.45) is 11.7 Å². The quantitative estimate of drug-likeness (QED) is 0.693. The zero-order chi connectivity index (χ0) is 16.0. The molecule has 1 aromatic carbocycles. The maximum absolute atomic E-state index is 11.9. The van der Waals surface area contributed by atoms with E-state index in [-0.39, 0.29) is 30.8 Å². The summed E-state index contributed by atoms with van der Waals surface area (Å²) in [7, 11) is -3.21.